The standard InChI is InChI=1S/C11H9N2O4/c14-9-4-6-5-10(15)13(17)8-3-1-2-7(11(6)8)12(9)16/h2,4-5,14,16H,1,3H2/q-1. The molecule has 2 heterocycles. The quantitative estimate of drug-likeness (QED) is 0.699. The van der Waals surface area contributed by atoms with Crippen LogP contribution in [0.5, 0.6) is 0 Å². The summed E-state index contributed by atoms with van der Waals surface area (Å²) in [6, 6.07) is 1.16. The predicted molar refractivity (Wildman–Crippen MR) is 60.0 cm³/mol. The lowest BCUT2D eigenvalue weighted by Gasteiger charge is -2.32. The zero-order valence-corrected chi connectivity index (χ0v) is 8.75. The molecule has 0 aromatic carbocycles. The van der Waals surface area contributed by atoms with E-state index in [1.807, 2.05) is 0 Å². The van der Waals surface area contributed by atoms with E-state index in [9.17, 15) is 20.3 Å². The molecule has 6 heteroatoms. The Balaban J connectivity index is 2.42. The van der Waals surface area contributed by atoms with Gasteiger partial charge < -0.3 is 15.0 Å². The van der Waals surface area contributed by atoms with Gasteiger partial charge in [0, 0.05) is 23.4 Å². The molecule has 0 radical (unpaired) electrons. The van der Waals surface area contributed by atoms with Crippen molar-refractivity contribution >= 4 is 11.8 Å². The van der Waals surface area contributed by atoms with Crippen molar-refractivity contribution < 1.29 is 10.3 Å². The molecule has 6 nitrogen and oxygen atoms in total. The van der Waals surface area contributed by atoms with Crippen molar-refractivity contribution in [1.29, 1.82) is 0 Å². The summed E-state index contributed by atoms with van der Waals surface area (Å²) in [7, 11) is 0. The van der Waals surface area contributed by atoms with Gasteiger partial charge in [-0.25, -0.2) is 0 Å². The highest BCUT2D eigenvalue weighted by Crippen LogP contribution is 2.36. The monoisotopic (exact) mass is 233 g/mol. The van der Waals surface area contributed by atoms with Crippen LogP contribution in [0.2, 0.25) is 0 Å². The van der Waals surface area contributed by atoms with Crippen LogP contribution in [-0.4, -0.2) is 20.1 Å². The van der Waals surface area contributed by atoms with Crippen LogP contribution in [0.3, 0.4) is 0 Å². The van der Waals surface area contributed by atoms with Crippen molar-refractivity contribution in [3.05, 3.63) is 50.4 Å². The normalized spacial score (nSPS) is 17.4. The van der Waals surface area contributed by atoms with Gasteiger partial charge in [-0.15, -0.1) is 0 Å². The Labute approximate surface area is 95.9 Å². The van der Waals surface area contributed by atoms with E-state index < -0.39 is 5.56 Å². The molecule has 0 saturated carbocycles. The zero-order valence-electron chi connectivity index (χ0n) is 8.75. The first-order valence-electron chi connectivity index (χ1n) is 5.16. The van der Waals surface area contributed by atoms with Crippen LogP contribution in [0, 0.1) is 5.21 Å². The molecular weight excluding hydrogens is 224 g/mol. The molecule has 1 aromatic rings. The fourth-order valence-electron chi connectivity index (χ4n) is 2.26. The molecule has 1 aliphatic carbocycles. The molecule has 0 amide bonds. The molecular formula is C11H9N2O4-. The average molecular weight is 233 g/mol. The van der Waals surface area contributed by atoms with E-state index in [0.29, 0.717) is 45.2 Å². The Bertz CT molecular complexity index is 627. The van der Waals surface area contributed by atoms with Gasteiger partial charge in [0.1, 0.15) is 0 Å². The molecule has 0 fully saturated rings. The predicted octanol–water partition coefficient (Wildman–Crippen LogP) is 1.04. The smallest absolute Gasteiger partial charge is 0.246 e. The third-order valence-corrected chi connectivity index (χ3v) is 3.01. The van der Waals surface area contributed by atoms with Crippen molar-refractivity contribution in [3.63, 3.8) is 0 Å². The lowest BCUT2D eigenvalue weighted by Crippen LogP contribution is -2.29. The fourth-order valence-corrected chi connectivity index (χ4v) is 2.26. The van der Waals surface area contributed by atoms with Gasteiger partial charge in [-0.3, -0.25) is 10.0 Å². The van der Waals surface area contributed by atoms with Crippen LogP contribution in [0.25, 0.3) is 11.8 Å². The second-order valence-electron chi connectivity index (χ2n) is 4.00. The third kappa shape index (κ3) is 1.21. The SMILES string of the molecule is O=c1cc2c3c(n1[O-])CCC=C3N(O)C(O)=C2. The summed E-state index contributed by atoms with van der Waals surface area (Å²) in [6.07, 6.45) is 3.98. The van der Waals surface area contributed by atoms with E-state index in [2.05, 4.69) is 0 Å². The Hall–Kier alpha value is -2.21. The highest BCUT2D eigenvalue weighted by Gasteiger charge is 2.27. The Morgan fingerprint density at radius 2 is 2.18 bits per heavy atom. The van der Waals surface area contributed by atoms with Crippen molar-refractivity contribution in [2.45, 2.75) is 12.8 Å². The van der Waals surface area contributed by atoms with E-state index in [0.717, 1.165) is 6.07 Å². The van der Waals surface area contributed by atoms with Crippen molar-refractivity contribution in [2.24, 2.45) is 0 Å². The van der Waals surface area contributed by atoms with Crippen LogP contribution >= 0.6 is 0 Å². The van der Waals surface area contributed by atoms with Crippen molar-refractivity contribution in [2.75, 3.05) is 0 Å². The number of aliphatic hydroxyl groups excluding tert-OH is 1. The molecule has 0 unspecified atom stereocenters. The van der Waals surface area contributed by atoms with Crippen LogP contribution in [0.15, 0.2) is 22.8 Å². The summed E-state index contributed by atoms with van der Waals surface area (Å²) in [5.74, 6) is -0.361. The number of rotatable bonds is 0. The van der Waals surface area contributed by atoms with Crippen LogP contribution in [-0.2, 0) is 6.42 Å². The lowest BCUT2D eigenvalue weighted by molar-refractivity contribution is -0.0333. The van der Waals surface area contributed by atoms with Gasteiger partial charge in [0.05, 0.1) is 5.70 Å². The molecule has 0 bridgehead atoms. The summed E-state index contributed by atoms with van der Waals surface area (Å²) in [4.78, 5) is 11.4. The number of nitrogens with zero attached hydrogens (tertiary/aromatic N) is 2. The van der Waals surface area contributed by atoms with E-state index in [1.165, 1.54) is 6.08 Å². The molecule has 0 atom stereocenters. The van der Waals surface area contributed by atoms with E-state index in [4.69, 9.17) is 0 Å². The third-order valence-electron chi connectivity index (χ3n) is 3.01. The first-order valence-corrected chi connectivity index (χ1v) is 5.16. The van der Waals surface area contributed by atoms with E-state index >= 15 is 0 Å². The molecule has 17 heavy (non-hydrogen) atoms. The van der Waals surface area contributed by atoms with E-state index in [1.54, 1.807) is 6.08 Å². The maximum absolute atomic E-state index is 11.6. The summed E-state index contributed by atoms with van der Waals surface area (Å²) < 4.78 is 0.343. The number of allylic oxidation sites excluding steroid dienone is 1. The Morgan fingerprint density at radius 3 is 2.94 bits per heavy atom. The van der Waals surface area contributed by atoms with Crippen LogP contribution in [0.4, 0.5) is 0 Å². The molecule has 88 valence electrons. The maximum atomic E-state index is 11.6. The van der Waals surface area contributed by atoms with Gasteiger partial charge in [-0.1, -0.05) is 6.08 Å². The summed E-state index contributed by atoms with van der Waals surface area (Å²) in [5.41, 5.74) is 1.02. The van der Waals surface area contributed by atoms with Crippen LogP contribution < -0.4 is 5.56 Å². The number of aliphatic hydroxyl groups is 1. The van der Waals surface area contributed by atoms with Gasteiger partial charge in [-0.2, -0.15) is 5.06 Å². The van der Waals surface area contributed by atoms with Gasteiger partial charge in [0.15, 0.2) is 0 Å². The minimum atomic E-state index is -0.657. The van der Waals surface area contributed by atoms with Gasteiger partial charge >= 0.3 is 0 Å². The molecule has 0 spiro atoms. The molecule has 1 aromatic heterocycles. The molecule has 0 saturated heterocycles. The summed E-state index contributed by atoms with van der Waals surface area (Å²) >= 11 is 0. The Kier molecular flexibility index (Phi) is 1.84. The number of aromatic nitrogens is 1. The number of hydrogen-bond acceptors (Lipinski definition) is 5. The lowest BCUT2D eigenvalue weighted by atomic mass is 9.93. The largest absolute Gasteiger partial charge is 0.803 e. The minimum absolute atomic E-state index is 0.341. The molecule has 3 rings (SSSR count). The van der Waals surface area contributed by atoms with Gasteiger partial charge in [0.2, 0.25) is 11.4 Å². The topological polar surface area (TPSA) is 88.8 Å². The first kappa shape index (κ1) is 9.98. The highest BCUT2D eigenvalue weighted by molar-refractivity contribution is 5.80. The average Bonchev–Trinajstić information content (AvgIpc) is 2.32. The summed E-state index contributed by atoms with van der Waals surface area (Å²) in [5, 5.41) is 31.4. The second kappa shape index (κ2) is 3.14. The number of pyridine rings is 1. The van der Waals surface area contributed by atoms with Gasteiger partial charge in [-0.05, 0) is 18.4 Å². The molecule has 2 aliphatic rings. The minimum Gasteiger partial charge on any atom is -0.803 e. The maximum Gasteiger partial charge on any atom is 0.246 e. The number of hydrogen-bond donors (Lipinski definition) is 2. The van der Waals surface area contributed by atoms with Crippen LogP contribution in [0.1, 0.15) is 23.2 Å². The van der Waals surface area contributed by atoms with Gasteiger partial charge in [0.25, 0.3) is 0 Å². The van der Waals surface area contributed by atoms with Crippen molar-refractivity contribution in [1.82, 2.24) is 9.79 Å². The second-order valence-corrected chi connectivity index (χ2v) is 4.00. The number of hydroxylamine groups is 2. The first-order chi connectivity index (χ1) is 8.09. The Morgan fingerprint density at radius 1 is 1.41 bits per heavy atom. The molecule has 1 aliphatic heterocycles. The fraction of sp³-hybridized carbons (Fsp3) is 0.182. The highest BCUT2D eigenvalue weighted by atomic mass is 16.5. The summed E-state index contributed by atoms with van der Waals surface area (Å²) in [6.45, 7) is 0. The van der Waals surface area contributed by atoms with Crippen molar-refractivity contribution in [3.8, 4) is 0 Å². The molecule has 2 N–H and O–H groups in total. The zero-order chi connectivity index (χ0) is 12.2. The van der Waals surface area contributed by atoms with E-state index in [-0.39, 0.29) is 5.88 Å².